The van der Waals surface area contributed by atoms with Gasteiger partial charge in [-0.2, -0.15) is 0 Å². The Morgan fingerprint density at radius 1 is 1.35 bits per heavy atom. The molecular formula is C24H29N5O2. The first kappa shape index (κ1) is 21.1. The third-order valence-electron chi connectivity index (χ3n) is 5.94. The van der Waals surface area contributed by atoms with E-state index in [1.165, 1.54) is 0 Å². The lowest BCUT2D eigenvalue weighted by Crippen LogP contribution is -2.35. The summed E-state index contributed by atoms with van der Waals surface area (Å²) < 4.78 is 5.40. The molecule has 7 heteroatoms. The van der Waals surface area contributed by atoms with Gasteiger partial charge in [-0.3, -0.25) is 9.69 Å². The van der Waals surface area contributed by atoms with Gasteiger partial charge in [-0.15, -0.1) is 0 Å². The number of carbonyl (C=O) groups is 1. The van der Waals surface area contributed by atoms with Gasteiger partial charge in [0.2, 0.25) is 5.91 Å². The van der Waals surface area contributed by atoms with Crippen LogP contribution in [0.1, 0.15) is 29.7 Å². The van der Waals surface area contributed by atoms with Crippen LogP contribution in [0.25, 0.3) is 17.0 Å². The minimum atomic E-state index is -0.0654. The van der Waals surface area contributed by atoms with Gasteiger partial charge in [0.1, 0.15) is 5.82 Å². The molecule has 4 rings (SSSR count). The van der Waals surface area contributed by atoms with Gasteiger partial charge in [0, 0.05) is 61.6 Å². The van der Waals surface area contributed by atoms with Crippen molar-refractivity contribution in [3.8, 4) is 0 Å². The minimum absolute atomic E-state index is 0.0604. The zero-order valence-electron chi connectivity index (χ0n) is 18.0. The number of nitrogen functional groups attached to an aromatic ring is 1. The Kier molecular flexibility index (Phi) is 6.34. The fraction of sp³-hybridized carbons (Fsp3) is 0.333. The monoisotopic (exact) mass is 419 g/mol. The van der Waals surface area contributed by atoms with E-state index in [9.17, 15) is 4.79 Å². The van der Waals surface area contributed by atoms with E-state index in [1.54, 1.807) is 23.2 Å². The summed E-state index contributed by atoms with van der Waals surface area (Å²) in [6.07, 6.45) is 7.07. The number of morpholine rings is 1. The number of anilines is 1. The van der Waals surface area contributed by atoms with Crippen LogP contribution in [0.2, 0.25) is 0 Å². The van der Waals surface area contributed by atoms with Crippen LogP contribution in [0, 0.1) is 0 Å². The number of amides is 1. The lowest BCUT2D eigenvalue weighted by atomic mass is 10.1. The van der Waals surface area contributed by atoms with Crippen molar-refractivity contribution in [1.82, 2.24) is 19.8 Å². The molecule has 0 aliphatic carbocycles. The fourth-order valence-electron chi connectivity index (χ4n) is 3.88. The van der Waals surface area contributed by atoms with Crippen LogP contribution in [0.3, 0.4) is 0 Å². The number of fused-ring (bicyclic) bond motifs is 1. The highest BCUT2D eigenvalue weighted by molar-refractivity contribution is 5.92. The SMILES string of the molecule is CC(c1c[nH]c2ccccc12)N(C)C(=O)C=Cc1cnc(N)c(CN2CCOCC2)c1. The third kappa shape index (κ3) is 4.78. The van der Waals surface area contributed by atoms with E-state index in [2.05, 4.69) is 20.9 Å². The number of carbonyl (C=O) groups excluding carboxylic acids is 1. The van der Waals surface area contributed by atoms with Crippen LogP contribution >= 0.6 is 0 Å². The maximum Gasteiger partial charge on any atom is 0.246 e. The molecule has 1 atom stereocenters. The highest BCUT2D eigenvalue weighted by atomic mass is 16.5. The molecule has 3 heterocycles. The Morgan fingerprint density at radius 3 is 2.94 bits per heavy atom. The Bertz CT molecular complexity index is 1080. The summed E-state index contributed by atoms with van der Waals surface area (Å²) in [7, 11) is 1.82. The Hall–Kier alpha value is -3.16. The number of aromatic amines is 1. The van der Waals surface area contributed by atoms with Crippen molar-refractivity contribution in [2.24, 2.45) is 0 Å². The van der Waals surface area contributed by atoms with Crippen molar-refractivity contribution in [3.63, 3.8) is 0 Å². The van der Waals surface area contributed by atoms with Gasteiger partial charge >= 0.3 is 0 Å². The average molecular weight is 420 g/mol. The Balaban J connectivity index is 1.45. The number of hydrogen-bond acceptors (Lipinski definition) is 5. The number of pyridine rings is 1. The first-order valence-electron chi connectivity index (χ1n) is 10.6. The normalized spacial score (nSPS) is 16.1. The predicted molar refractivity (Wildman–Crippen MR) is 123 cm³/mol. The lowest BCUT2D eigenvalue weighted by Gasteiger charge is -2.26. The standard InChI is InChI=1S/C24H29N5O2/c1-17(21-15-26-22-6-4-3-5-20(21)22)28(2)23(30)8-7-18-13-19(24(25)27-14-18)16-29-9-11-31-12-10-29/h3-8,13-15,17,26H,9-12,16H2,1-2H3,(H2,25,27). The van der Waals surface area contributed by atoms with Gasteiger partial charge in [0.25, 0.3) is 0 Å². The molecule has 1 fully saturated rings. The van der Waals surface area contributed by atoms with Crippen LogP contribution in [0.4, 0.5) is 5.82 Å². The number of nitrogens with one attached hydrogen (secondary N) is 1. The molecule has 1 amide bonds. The molecule has 7 nitrogen and oxygen atoms in total. The molecule has 1 unspecified atom stereocenters. The molecular weight excluding hydrogens is 390 g/mol. The summed E-state index contributed by atoms with van der Waals surface area (Å²) >= 11 is 0. The van der Waals surface area contributed by atoms with Crippen LogP contribution in [-0.2, 0) is 16.1 Å². The van der Waals surface area contributed by atoms with E-state index in [0.29, 0.717) is 5.82 Å². The number of nitrogens with two attached hydrogens (primary N) is 1. The fourth-order valence-corrected chi connectivity index (χ4v) is 3.88. The van der Waals surface area contributed by atoms with Gasteiger partial charge in [-0.1, -0.05) is 18.2 Å². The molecule has 162 valence electrons. The van der Waals surface area contributed by atoms with Gasteiger partial charge in [0.15, 0.2) is 0 Å². The molecule has 0 radical (unpaired) electrons. The van der Waals surface area contributed by atoms with Crippen molar-refractivity contribution in [3.05, 3.63) is 65.5 Å². The zero-order valence-corrected chi connectivity index (χ0v) is 18.0. The minimum Gasteiger partial charge on any atom is -0.383 e. The number of nitrogens with zero attached hydrogens (tertiary/aromatic N) is 3. The summed E-state index contributed by atoms with van der Waals surface area (Å²) in [5.74, 6) is 0.462. The molecule has 1 aliphatic rings. The number of ether oxygens (including phenoxy) is 1. The van der Waals surface area contributed by atoms with Crippen molar-refractivity contribution in [2.45, 2.75) is 19.5 Å². The zero-order chi connectivity index (χ0) is 21.8. The smallest absolute Gasteiger partial charge is 0.246 e. The molecule has 0 saturated carbocycles. The van der Waals surface area contributed by atoms with E-state index in [1.807, 2.05) is 44.4 Å². The maximum atomic E-state index is 12.8. The molecule has 1 saturated heterocycles. The van der Waals surface area contributed by atoms with Crippen LogP contribution < -0.4 is 5.73 Å². The highest BCUT2D eigenvalue weighted by Crippen LogP contribution is 2.27. The summed E-state index contributed by atoms with van der Waals surface area (Å²) in [6.45, 7) is 6.01. The third-order valence-corrected chi connectivity index (χ3v) is 5.94. The molecule has 31 heavy (non-hydrogen) atoms. The van der Waals surface area contributed by atoms with Crippen molar-refractivity contribution in [1.29, 1.82) is 0 Å². The van der Waals surface area contributed by atoms with Crippen molar-refractivity contribution >= 4 is 28.7 Å². The lowest BCUT2D eigenvalue weighted by molar-refractivity contribution is -0.126. The molecule has 1 aromatic carbocycles. The second kappa shape index (κ2) is 9.32. The number of H-pyrrole nitrogens is 1. The Morgan fingerprint density at radius 2 is 2.13 bits per heavy atom. The van der Waals surface area contributed by atoms with Gasteiger partial charge in [-0.25, -0.2) is 4.98 Å². The maximum absolute atomic E-state index is 12.8. The van der Waals surface area contributed by atoms with Crippen LogP contribution in [0.15, 0.2) is 48.8 Å². The van der Waals surface area contributed by atoms with E-state index >= 15 is 0 Å². The van der Waals surface area contributed by atoms with Gasteiger partial charge < -0.3 is 20.4 Å². The first-order chi connectivity index (χ1) is 15.0. The molecule has 3 N–H and O–H groups in total. The van der Waals surface area contributed by atoms with E-state index < -0.39 is 0 Å². The topological polar surface area (TPSA) is 87.5 Å². The Labute approximate surface area is 182 Å². The van der Waals surface area contributed by atoms with E-state index in [-0.39, 0.29) is 11.9 Å². The number of hydrogen-bond donors (Lipinski definition) is 2. The van der Waals surface area contributed by atoms with Crippen molar-refractivity contribution in [2.75, 3.05) is 39.1 Å². The quantitative estimate of drug-likeness (QED) is 0.599. The summed E-state index contributed by atoms with van der Waals surface area (Å²) in [5, 5.41) is 1.13. The van der Waals surface area contributed by atoms with Crippen molar-refractivity contribution < 1.29 is 9.53 Å². The summed E-state index contributed by atoms with van der Waals surface area (Å²) in [5.41, 5.74) is 10.1. The second-order valence-corrected chi connectivity index (χ2v) is 7.95. The second-order valence-electron chi connectivity index (χ2n) is 7.95. The average Bonchev–Trinajstić information content (AvgIpc) is 3.23. The molecule has 3 aromatic rings. The molecule has 2 aromatic heterocycles. The molecule has 0 bridgehead atoms. The summed E-state index contributed by atoms with van der Waals surface area (Å²) in [6, 6.07) is 10.1. The van der Waals surface area contributed by atoms with Gasteiger partial charge in [0.05, 0.1) is 19.3 Å². The molecule has 0 spiro atoms. The predicted octanol–water partition coefficient (Wildman–Crippen LogP) is 3.21. The number of likely N-dealkylation sites (N-methyl/N-ethyl adjacent to an activating group) is 1. The molecule has 1 aliphatic heterocycles. The highest BCUT2D eigenvalue weighted by Gasteiger charge is 2.18. The van der Waals surface area contributed by atoms with E-state index in [4.69, 9.17) is 10.5 Å². The summed E-state index contributed by atoms with van der Waals surface area (Å²) in [4.78, 5) is 24.5. The van der Waals surface area contributed by atoms with E-state index in [0.717, 1.165) is 60.4 Å². The number of para-hydroxylation sites is 1. The largest absolute Gasteiger partial charge is 0.383 e. The number of benzene rings is 1. The number of aromatic nitrogens is 2. The van der Waals surface area contributed by atoms with Crippen LogP contribution in [-0.4, -0.2) is 59.0 Å². The first-order valence-corrected chi connectivity index (χ1v) is 10.6. The number of rotatable bonds is 6. The van der Waals surface area contributed by atoms with Gasteiger partial charge in [-0.05, 0) is 36.3 Å². The van der Waals surface area contributed by atoms with Crippen LogP contribution in [0.5, 0.6) is 0 Å².